The maximum absolute atomic E-state index is 14.3. The lowest BCUT2D eigenvalue weighted by atomic mass is 9.77. The molecule has 0 unspecified atom stereocenters. The Labute approximate surface area is 489 Å². The molecule has 3 aromatic carbocycles. The molecule has 0 spiro atoms. The van der Waals surface area contributed by atoms with Gasteiger partial charge in [0.2, 0.25) is 0 Å². The minimum absolute atomic E-state index is 0.147. The van der Waals surface area contributed by atoms with E-state index in [0.717, 1.165) is 16.7 Å². The Kier molecular flexibility index (Phi) is 32.7. The van der Waals surface area contributed by atoms with Gasteiger partial charge in [0.25, 0.3) is 11.8 Å². The lowest BCUT2D eigenvalue weighted by Gasteiger charge is -2.33. The molecule has 0 radical (unpaired) electrons. The molecule has 0 saturated heterocycles. The fourth-order valence-corrected chi connectivity index (χ4v) is 8.26. The van der Waals surface area contributed by atoms with Crippen LogP contribution in [0.25, 0.3) is 6.08 Å². The van der Waals surface area contributed by atoms with Gasteiger partial charge in [0, 0.05) is 43.4 Å². The highest BCUT2D eigenvalue weighted by atomic mass is 16.7. The summed E-state index contributed by atoms with van der Waals surface area (Å²) in [6.07, 6.45) is 3.78. The van der Waals surface area contributed by atoms with Gasteiger partial charge in [-0.3, -0.25) is 24.4 Å². The molecule has 83 heavy (non-hydrogen) atoms. The molecule has 4 aromatic rings. The number of hydrogen-bond acceptors (Lipinski definition) is 17. The smallest absolute Gasteiger partial charge is 0.407 e. The first-order chi connectivity index (χ1) is 40.5. The van der Waals surface area contributed by atoms with Crippen molar-refractivity contribution in [1.29, 1.82) is 0 Å². The zero-order chi connectivity index (χ0) is 59.1. The lowest BCUT2D eigenvalue weighted by Crippen LogP contribution is -2.34. The molecule has 456 valence electrons. The summed E-state index contributed by atoms with van der Waals surface area (Å²) in [6.45, 7) is 19.1. The van der Waals surface area contributed by atoms with Crippen LogP contribution in [0.15, 0.2) is 114 Å². The summed E-state index contributed by atoms with van der Waals surface area (Å²) in [5.74, 6) is -0.138. The van der Waals surface area contributed by atoms with Gasteiger partial charge in [-0.1, -0.05) is 97.9 Å². The summed E-state index contributed by atoms with van der Waals surface area (Å²) in [5.41, 5.74) is 3.10. The average molecular weight is 1160 g/mol. The highest BCUT2D eigenvalue weighted by molar-refractivity contribution is 6.10. The lowest BCUT2D eigenvalue weighted by molar-refractivity contribution is -0.180. The van der Waals surface area contributed by atoms with Gasteiger partial charge < -0.3 is 68.1 Å². The van der Waals surface area contributed by atoms with E-state index in [2.05, 4.69) is 57.3 Å². The van der Waals surface area contributed by atoms with E-state index in [4.69, 9.17) is 61.9 Å². The fourth-order valence-electron chi connectivity index (χ4n) is 8.26. The molecule has 2 heterocycles. The second-order valence-corrected chi connectivity index (χ2v) is 19.6. The van der Waals surface area contributed by atoms with Crippen LogP contribution in [0.2, 0.25) is 0 Å². The molecule has 0 aliphatic carbocycles. The monoisotopic (exact) mass is 1160 g/mol. The highest BCUT2D eigenvalue weighted by Gasteiger charge is 2.37. The molecule has 0 atom stereocenters. The molecule has 0 saturated carbocycles. The van der Waals surface area contributed by atoms with Gasteiger partial charge in [-0.15, -0.1) is 0 Å². The second-order valence-electron chi connectivity index (χ2n) is 19.6. The number of nitrogens with zero attached hydrogens (tertiary/aromatic N) is 3. The third kappa shape index (κ3) is 26.1. The van der Waals surface area contributed by atoms with Crippen molar-refractivity contribution in [3.63, 3.8) is 0 Å². The summed E-state index contributed by atoms with van der Waals surface area (Å²) >= 11 is 0. The Morgan fingerprint density at radius 2 is 0.964 bits per heavy atom. The van der Waals surface area contributed by atoms with Crippen LogP contribution < -0.4 is 16.0 Å². The topological polar surface area (TPSA) is 227 Å². The van der Waals surface area contributed by atoms with Crippen LogP contribution >= 0.6 is 0 Å². The number of fused-ring (bicyclic) bond motifs is 1. The van der Waals surface area contributed by atoms with Crippen LogP contribution in [0.4, 0.5) is 10.5 Å². The minimum Gasteiger partial charge on any atom is -0.444 e. The number of alkyl carbamates (subject to hydrolysis) is 1. The van der Waals surface area contributed by atoms with E-state index < -0.39 is 17.2 Å². The third-order valence-corrected chi connectivity index (χ3v) is 12.0. The first-order valence-electron chi connectivity index (χ1n) is 28.7. The largest absolute Gasteiger partial charge is 0.444 e. The first kappa shape index (κ1) is 67.6. The van der Waals surface area contributed by atoms with E-state index in [0.29, 0.717) is 174 Å². The minimum atomic E-state index is -1.02. The van der Waals surface area contributed by atoms with Gasteiger partial charge in [-0.25, -0.2) is 9.86 Å². The number of benzene rings is 3. The number of carbonyl (C=O) groups excluding carboxylic acids is 3. The number of amides is 3. The molecule has 1 aliphatic heterocycles. The number of rotatable bonds is 43. The molecule has 3 amide bonds. The summed E-state index contributed by atoms with van der Waals surface area (Å²) < 4.78 is 60.6. The van der Waals surface area contributed by atoms with Gasteiger partial charge in [0.15, 0.2) is 0 Å². The first-order valence-corrected chi connectivity index (χ1v) is 28.7. The van der Waals surface area contributed by atoms with Crippen molar-refractivity contribution in [2.45, 2.75) is 58.6 Å². The van der Waals surface area contributed by atoms with E-state index in [1.807, 2.05) is 89.2 Å². The predicted molar refractivity (Wildman–Crippen MR) is 315 cm³/mol. The molecule has 21 nitrogen and oxygen atoms in total. The van der Waals surface area contributed by atoms with Crippen LogP contribution in [0, 0.1) is 0 Å². The maximum atomic E-state index is 14.3. The molecular weight excluding hydrogens is 1070 g/mol. The quantitative estimate of drug-likeness (QED) is 0.0225. The molecular formula is C62H88N6O15. The van der Waals surface area contributed by atoms with Gasteiger partial charge in [-0.2, -0.15) is 0 Å². The molecule has 5 rings (SSSR count). The van der Waals surface area contributed by atoms with E-state index in [1.54, 1.807) is 18.3 Å². The van der Waals surface area contributed by atoms with Crippen LogP contribution in [0.1, 0.15) is 80.2 Å². The third-order valence-electron chi connectivity index (χ3n) is 12.0. The van der Waals surface area contributed by atoms with Crippen molar-refractivity contribution < 1.29 is 71.3 Å². The Morgan fingerprint density at radius 1 is 0.566 bits per heavy atom. The van der Waals surface area contributed by atoms with Crippen molar-refractivity contribution in [2.75, 3.05) is 164 Å². The normalized spacial score (nSPS) is 13.0. The Morgan fingerprint density at radius 3 is 1.35 bits per heavy atom. The number of carbonyl (C=O) groups is 3. The number of hydroxylamine groups is 2. The van der Waals surface area contributed by atoms with Crippen LogP contribution in [-0.4, -0.2) is 198 Å². The van der Waals surface area contributed by atoms with Crippen molar-refractivity contribution >= 4 is 35.5 Å². The number of pyridine rings is 1. The van der Waals surface area contributed by atoms with Crippen molar-refractivity contribution in [3.8, 4) is 0 Å². The average Bonchev–Trinajstić information content (AvgIpc) is 2.61. The number of aliphatic imine (C=N–C) groups is 1. The Hall–Kier alpha value is -6.21. The second kappa shape index (κ2) is 40.1. The van der Waals surface area contributed by atoms with Crippen molar-refractivity contribution in [2.24, 2.45) is 4.99 Å². The zero-order valence-electron chi connectivity index (χ0n) is 49.2. The van der Waals surface area contributed by atoms with Gasteiger partial charge in [0.1, 0.15) is 22.7 Å². The van der Waals surface area contributed by atoms with Crippen molar-refractivity contribution in [3.05, 3.63) is 137 Å². The summed E-state index contributed by atoms with van der Waals surface area (Å²) in [5, 5.41) is 10.5. The van der Waals surface area contributed by atoms with Gasteiger partial charge in [-0.05, 0) is 62.9 Å². The van der Waals surface area contributed by atoms with Crippen molar-refractivity contribution in [1.82, 2.24) is 20.7 Å². The van der Waals surface area contributed by atoms with Crippen LogP contribution in [0.5, 0.6) is 0 Å². The molecule has 1 aromatic heterocycles. The number of anilines is 1. The van der Waals surface area contributed by atoms with Gasteiger partial charge >= 0.3 is 6.09 Å². The Bertz CT molecular complexity index is 2380. The van der Waals surface area contributed by atoms with E-state index >= 15 is 0 Å². The molecule has 21 heteroatoms. The van der Waals surface area contributed by atoms with Crippen LogP contribution in [-0.2, 0) is 67.3 Å². The number of amidine groups is 1. The predicted octanol–water partition coefficient (Wildman–Crippen LogP) is 7.28. The summed E-state index contributed by atoms with van der Waals surface area (Å²) in [6, 6.07) is 32.0. The molecule has 1 aliphatic rings. The van der Waals surface area contributed by atoms with E-state index in [1.165, 1.54) is 5.06 Å². The SMILES string of the molecule is CCCN(OCC)C(=O)C1=Cc2cnc(C(=O)NCCOCCOCCOCCOCCOCCOCCOCCOCCOCCOCCNC(=O)OC(C)(C)C)cc2NC(=NC(c2ccccc2)(c2ccccc2)c2ccccc2)C1. The summed E-state index contributed by atoms with van der Waals surface area (Å²) in [4.78, 5) is 55.3. The van der Waals surface area contributed by atoms with Gasteiger partial charge in [0.05, 0.1) is 144 Å². The molecule has 0 fully saturated rings. The fraction of sp³-hybridized carbons (Fsp3) is 0.532. The number of hydrogen-bond donors (Lipinski definition) is 3. The molecule has 0 bridgehead atoms. The van der Waals surface area contributed by atoms with E-state index in [9.17, 15) is 14.4 Å². The Balaban J connectivity index is 0.905. The van der Waals surface area contributed by atoms with Crippen LogP contribution in [0.3, 0.4) is 0 Å². The number of ether oxygens (including phenoxy) is 11. The number of aromatic nitrogens is 1. The van der Waals surface area contributed by atoms with E-state index in [-0.39, 0.29) is 37.1 Å². The molecule has 3 N–H and O–H groups in total. The maximum Gasteiger partial charge on any atom is 0.407 e. The highest BCUT2D eigenvalue weighted by Crippen LogP contribution is 2.42. The standard InChI is InChI=1S/C62H88N6O15/c1-6-25-68(82-7-2)59(70)50-46-51-49-65-56(48-55(51)66-57(47-50)67-62(52-17-11-8-12-18-52,53-19-13-9-14-20-53)54-21-15-10-16-22-54)58(69)63-23-26-72-28-30-74-32-34-76-36-38-78-40-42-80-44-45-81-43-41-79-39-37-77-35-33-75-31-29-73-27-24-64-60(71)83-61(3,4)5/h8-22,46,48-49H,6-7,23-45,47H2,1-5H3,(H,63,69)(H,64,71)(H,66,67). The number of nitrogens with one attached hydrogen (secondary N) is 3. The zero-order valence-corrected chi connectivity index (χ0v) is 49.2. The summed E-state index contributed by atoms with van der Waals surface area (Å²) in [7, 11) is 0.